The van der Waals surface area contributed by atoms with Gasteiger partial charge in [-0.25, -0.2) is 0 Å². The highest BCUT2D eigenvalue weighted by atomic mass is 127. The van der Waals surface area contributed by atoms with Gasteiger partial charge in [0.2, 0.25) is 0 Å². The third kappa shape index (κ3) is 3.20. The van der Waals surface area contributed by atoms with Crippen LogP contribution < -0.4 is 5.73 Å². The summed E-state index contributed by atoms with van der Waals surface area (Å²) >= 11 is 17.8. The molecule has 0 saturated carbocycles. The Kier molecular flexibility index (Phi) is 4.94. The van der Waals surface area contributed by atoms with Gasteiger partial charge in [-0.05, 0) is 64.0 Å². The summed E-state index contributed by atoms with van der Waals surface area (Å²) in [5.74, 6) is 0. The molecule has 2 aromatic rings. The molecule has 0 fully saturated rings. The van der Waals surface area contributed by atoms with Crippen molar-refractivity contribution in [1.82, 2.24) is 0 Å². The molecule has 1 unspecified atom stereocenters. The van der Waals surface area contributed by atoms with E-state index in [0.717, 1.165) is 19.2 Å². The summed E-state index contributed by atoms with van der Waals surface area (Å²) in [4.78, 5) is 0. The molecule has 0 heterocycles. The molecule has 0 bridgehead atoms. The predicted molar refractivity (Wildman–Crippen MR) is 89.4 cm³/mol. The van der Waals surface area contributed by atoms with Crippen molar-refractivity contribution < 1.29 is 0 Å². The van der Waals surface area contributed by atoms with Crippen LogP contribution in [0.5, 0.6) is 0 Å². The first kappa shape index (κ1) is 14.6. The fraction of sp³-hybridized carbons (Fsp3) is 0.0769. The van der Waals surface area contributed by atoms with Gasteiger partial charge in [0.05, 0.1) is 6.04 Å². The maximum absolute atomic E-state index is 6.28. The van der Waals surface area contributed by atoms with E-state index in [4.69, 9.17) is 28.9 Å². The maximum Gasteiger partial charge on any atom is 0.0578 e. The summed E-state index contributed by atoms with van der Waals surface area (Å²) in [6.45, 7) is 0. The summed E-state index contributed by atoms with van der Waals surface area (Å²) in [5, 5.41) is 1.19. The lowest BCUT2D eigenvalue weighted by atomic mass is 10.00. The molecule has 0 aliphatic heterocycles. The van der Waals surface area contributed by atoms with Crippen LogP contribution in [0.25, 0.3) is 0 Å². The van der Waals surface area contributed by atoms with E-state index in [1.807, 2.05) is 24.3 Å². The normalized spacial score (nSPS) is 12.5. The molecule has 0 amide bonds. The second kappa shape index (κ2) is 6.09. The largest absolute Gasteiger partial charge is 0.320 e. The van der Waals surface area contributed by atoms with Crippen LogP contribution >= 0.6 is 61.7 Å². The number of hydrogen-bond acceptors (Lipinski definition) is 1. The minimum absolute atomic E-state index is 0.279. The summed E-state index contributed by atoms with van der Waals surface area (Å²) in [5.41, 5.74) is 8.15. The molecule has 0 saturated heterocycles. The van der Waals surface area contributed by atoms with E-state index in [9.17, 15) is 0 Å². The third-order valence-corrected chi connectivity index (χ3v) is 4.55. The SMILES string of the molecule is NC(c1ccc(Cl)cc1Cl)c1cc(I)ccc1Br. The van der Waals surface area contributed by atoms with Crippen molar-refractivity contribution in [1.29, 1.82) is 0 Å². The van der Waals surface area contributed by atoms with Gasteiger partial charge in [-0.15, -0.1) is 0 Å². The van der Waals surface area contributed by atoms with Crippen LogP contribution in [0.2, 0.25) is 10.0 Å². The lowest BCUT2D eigenvalue weighted by molar-refractivity contribution is 0.865. The number of benzene rings is 2. The van der Waals surface area contributed by atoms with Gasteiger partial charge in [0, 0.05) is 18.1 Å². The first-order chi connectivity index (χ1) is 8.49. The topological polar surface area (TPSA) is 26.0 Å². The number of hydrogen-bond donors (Lipinski definition) is 1. The van der Waals surface area contributed by atoms with Crippen LogP contribution in [0.3, 0.4) is 0 Å². The molecule has 0 radical (unpaired) electrons. The van der Waals surface area contributed by atoms with Gasteiger partial charge in [-0.1, -0.05) is 45.2 Å². The van der Waals surface area contributed by atoms with E-state index >= 15 is 0 Å². The van der Waals surface area contributed by atoms with Crippen LogP contribution in [0.4, 0.5) is 0 Å². The van der Waals surface area contributed by atoms with Crippen molar-refractivity contribution in [3.63, 3.8) is 0 Å². The Bertz CT molecular complexity index is 589. The Hall–Kier alpha value is 0.190. The van der Waals surface area contributed by atoms with Crippen LogP contribution in [-0.4, -0.2) is 0 Å². The molecule has 94 valence electrons. The lowest BCUT2D eigenvalue weighted by Crippen LogP contribution is -2.13. The Morgan fingerprint density at radius 1 is 1.06 bits per heavy atom. The molecule has 5 heteroatoms. The number of halogens is 4. The van der Waals surface area contributed by atoms with Crippen molar-refractivity contribution in [2.24, 2.45) is 5.73 Å². The molecule has 2 rings (SSSR count). The average molecular weight is 457 g/mol. The molecule has 0 aliphatic carbocycles. The quantitative estimate of drug-likeness (QED) is 0.601. The highest BCUT2D eigenvalue weighted by Crippen LogP contribution is 2.33. The zero-order valence-electron chi connectivity index (χ0n) is 9.13. The highest BCUT2D eigenvalue weighted by molar-refractivity contribution is 14.1. The molecule has 0 aliphatic rings. The van der Waals surface area contributed by atoms with Crippen molar-refractivity contribution in [2.45, 2.75) is 6.04 Å². The van der Waals surface area contributed by atoms with Crippen LogP contribution in [0, 0.1) is 3.57 Å². The first-order valence-electron chi connectivity index (χ1n) is 5.14. The van der Waals surface area contributed by atoms with Gasteiger partial charge in [-0.3, -0.25) is 0 Å². The standard InChI is InChI=1S/C13H9BrCl2IN/c14-11-4-2-8(17)6-10(11)13(18)9-3-1-7(15)5-12(9)16/h1-6,13H,18H2. The van der Waals surface area contributed by atoms with Gasteiger partial charge in [0.1, 0.15) is 0 Å². The fourth-order valence-corrected chi connectivity index (χ4v) is 3.21. The zero-order chi connectivity index (χ0) is 13.3. The second-order valence-electron chi connectivity index (χ2n) is 3.81. The zero-order valence-corrected chi connectivity index (χ0v) is 14.4. The Morgan fingerprint density at radius 3 is 2.44 bits per heavy atom. The highest BCUT2D eigenvalue weighted by Gasteiger charge is 2.15. The monoisotopic (exact) mass is 455 g/mol. The third-order valence-electron chi connectivity index (χ3n) is 2.59. The average Bonchev–Trinajstić information content (AvgIpc) is 2.31. The van der Waals surface area contributed by atoms with Crippen LogP contribution in [0.15, 0.2) is 40.9 Å². The van der Waals surface area contributed by atoms with E-state index in [1.54, 1.807) is 12.1 Å². The summed E-state index contributed by atoms with van der Waals surface area (Å²) in [6.07, 6.45) is 0. The van der Waals surface area contributed by atoms with Gasteiger partial charge >= 0.3 is 0 Å². The Morgan fingerprint density at radius 2 is 1.78 bits per heavy atom. The second-order valence-corrected chi connectivity index (χ2v) is 6.75. The molecule has 1 atom stereocenters. The molecule has 18 heavy (non-hydrogen) atoms. The molecule has 2 aromatic carbocycles. The molecule has 0 spiro atoms. The summed E-state index contributed by atoms with van der Waals surface area (Å²) in [7, 11) is 0. The van der Waals surface area contributed by atoms with E-state index in [0.29, 0.717) is 10.0 Å². The minimum atomic E-state index is -0.279. The molecule has 1 nitrogen and oxygen atoms in total. The number of nitrogens with two attached hydrogens (primary N) is 1. The fourth-order valence-electron chi connectivity index (χ4n) is 1.67. The van der Waals surface area contributed by atoms with E-state index in [2.05, 4.69) is 38.5 Å². The van der Waals surface area contributed by atoms with E-state index in [1.165, 1.54) is 0 Å². The van der Waals surface area contributed by atoms with Crippen LogP contribution in [-0.2, 0) is 0 Å². The smallest absolute Gasteiger partial charge is 0.0578 e. The minimum Gasteiger partial charge on any atom is -0.320 e. The molecular weight excluding hydrogens is 448 g/mol. The summed E-state index contributed by atoms with van der Waals surface area (Å²) < 4.78 is 2.10. The Labute approximate surface area is 138 Å². The van der Waals surface area contributed by atoms with Crippen molar-refractivity contribution in [3.05, 3.63) is 65.6 Å². The van der Waals surface area contributed by atoms with E-state index < -0.39 is 0 Å². The lowest BCUT2D eigenvalue weighted by Gasteiger charge is -2.16. The van der Waals surface area contributed by atoms with Gasteiger partial charge in [-0.2, -0.15) is 0 Å². The molecule has 2 N–H and O–H groups in total. The van der Waals surface area contributed by atoms with Gasteiger partial charge < -0.3 is 5.73 Å². The number of rotatable bonds is 2. The first-order valence-corrected chi connectivity index (χ1v) is 7.77. The Balaban J connectivity index is 2.47. The summed E-state index contributed by atoms with van der Waals surface area (Å²) in [6, 6.07) is 11.1. The van der Waals surface area contributed by atoms with Crippen molar-refractivity contribution >= 4 is 61.7 Å². The van der Waals surface area contributed by atoms with Crippen LogP contribution in [0.1, 0.15) is 17.2 Å². The van der Waals surface area contributed by atoms with E-state index in [-0.39, 0.29) is 6.04 Å². The van der Waals surface area contributed by atoms with Crippen molar-refractivity contribution in [3.8, 4) is 0 Å². The van der Waals surface area contributed by atoms with Crippen molar-refractivity contribution in [2.75, 3.05) is 0 Å². The maximum atomic E-state index is 6.28. The predicted octanol–water partition coefficient (Wildman–Crippen LogP) is 5.41. The van der Waals surface area contributed by atoms with Gasteiger partial charge in [0.25, 0.3) is 0 Å². The van der Waals surface area contributed by atoms with Gasteiger partial charge in [0.15, 0.2) is 0 Å². The molecular formula is C13H9BrCl2IN. The molecule has 0 aromatic heterocycles.